The molecule has 5 rings (SSSR count). The van der Waals surface area contributed by atoms with Crippen molar-refractivity contribution >= 4 is 102 Å². The lowest BCUT2D eigenvalue weighted by Gasteiger charge is -2.32. The van der Waals surface area contributed by atoms with Gasteiger partial charge in [-0.05, 0) is 84.3 Å². The van der Waals surface area contributed by atoms with Crippen molar-refractivity contribution in [2.45, 2.75) is 226 Å². The quantitative estimate of drug-likeness (QED) is 0.0283. The highest BCUT2D eigenvalue weighted by Gasteiger charge is 2.42. The van der Waals surface area contributed by atoms with E-state index in [9.17, 15) is 62.6 Å². The predicted molar refractivity (Wildman–Crippen MR) is 420 cm³/mol. The Morgan fingerprint density at radius 3 is 1.18 bits per heavy atom. The van der Waals surface area contributed by atoms with Gasteiger partial charge in [-0.1, -0.05) is 181 Å². The number of carbonyl (C=O) groups excluding carboxylic acids is 12. The summed E-state index contributed by atoms with van der Waals surface area (Å²) in [4.78, 5) is 193. The van der Waals surface area contributed by atoms with E-state index in [4.69, 9.17) is 5.73 Å². The summed E-state index contributed by atoms with van der Waals surface area (Å²) in [5.74, 6) is -12.3. The lowest BCUT2D eigenvalue weighted by atomic mass is 9.95. The van der Waals surface area contributed by atoms with E-state index < -0.39 is 173 Å². The number of amides is 12. The van der Waals surface area contributed by atoms with E-state index in [0.29, 0.717) is 35.2 Å². The molecule has 14 atom stereocenters. The number of imidazole rings is 1. The van der Waals surface area contributed by atoms with Crippen LogP contribution in [0.2, 0.25) is 0 Å². The van der Waals surface area contributed by atoms with Gasteiger partial charge in [-0.3, -0.25) is 57.5 Å². The zero-order chi connectivity index (χ0) is 80.8. The molecule has 1 aliphatic rings. The molecule has 0 unspecified atom stereocenters. The van der Waals surface area contributed by atoms with Crippen LogP contribution in [0.15, 0.2) is 104 Å². The Kier molecular flexibility index (Phi) is 37.2. The Morgan fingerprint density at radius 2 is 0.817 bits per heavy atom. The molecule has 0 aliphatic carbocycles. The average Bonchev–Trinajstić information content (AvgIpc) is 1.80. The number of H-pyrrole nitrogens is 1. The second-order valence-electron chi connectivity index (χ2n) is 30.1. The van der Waals surface area contributed by atoms with E-state index in [1.54, 1.807) is 126 Å². The van der Waals surface area contributed by atoms with Gasteiger partial charge >= 0.3 is 5.97 Å². The second kappa shape index (κ2) is 45.0. The maximum absolute atomic E-state index is 15.0. The van der Waals surface area contributed by atoms with Gasteiger partial charge in [0, 0.05) is 55.6 Å². The molecule has 0 bridgehead atoms. The molecule has 1 saturated heterocycles. The Hall–Kier alpha value is -9.36. The SMILES string of the molecule is CC[C@H](C)[C@H](NC(=O)[C@@H]1CCCN1C(=O)[C@H](CS)NC(=O)[C@H](CC(C)C)NC(=O)[C@H](Cc1ccccc1)NC(=O)[C@H](Cc1ccccc1)NC(=O)[C@H](Cc1cnc[nH]1)NC(=O)[C@H](Cc1ccccc1)NC(=O)[C@@H](N)CS)C(=O)N[C@@H](CC(C)C)C(=O)N[C@H](C(=O)N[C@@H](CC(C)C)C(=O)N[C@H](C(=O)O)C(C)C)C(C)C. The molecule has 3 aromatic carbocycles. The Morgan fingerprint density at radius 1 is 0.459 bits per heavy atom. The number of aromatic amines is 1. The molecule has 109 heavy (non-hydrogen) atoms. The lowest BCUT2D eigenvalue weighted by molar-refractivity contribution is -0.143. The van der Waals surface area contributed by atoms with Gasteiger partial charge in [0.25, 0.3) is 0 Å². The van der Waals surface area contributed by atoms with Crippen LogP contribution in [0, 0.1) is 35.5 Å². The molecule has 0 radical (unpaired) electrons. The monoisotopic (exact) mass is 1550 g/mol. The minimum Gasteiger partial charge on any atom is -0.480 e. The first-order valence-corrected chi connectivity index (χ1v) is 38.8. The number of benzene rings is 3. The number of carboxylic acid groups (broad SMARTS) is 1. The first kappa shape index (κ1) is 90.3. The fraction of sp³-hybridized carbons (Fsp3) is 0.564. The maximum atomic E-state index is 15.0. The molecule has 598 valence electrons. The summed E-state index contributed by atoms with van der Waals surface area (Å²) in [5, 5.41) is 40.2. The Bertz CT molecular complexity index is 3650. The van der Waals surface area contributed by atoms with E-state index >= 15 is 4.79 Å². The Labute approximate surface area is 650 Å². The molecule has 0 spiro atoms. The highest BCUT2D eigenvalue weighted by atomic mass is 32.1. The molecule has 1 aliphatic heterocycles. The largest absolute Gasteiger partial charge is 0.480 e. The van der Waals surface area contributed by atoms with Crippen molar-refractivity contribution < 1.29 is 67.4 Å². The number of nitrogens with one attached hydrogen (secondary N) is 12. The number of carboxylic acids is 1. The van der Waals surface area contributed by atoms with Crippen LogP contribution < -0.4 is 64.2 Å². The minimum atomic E-state index is -1.40. The highest BCUT2D eigenvalue weighted by Crippen LogP contribution is 2.22. The van der Waals surface area contributed by atoms with Gasteiger partial charge in [-0.2, -0.15) is 25.3 Å². The average molecular weight is 1550 g/mol. The number of likely N-dealkylation sites (tertiary alicyclic amines) is 1. The number of aromatic nitrogens is 2. The number of hydrogen-bond donors (Lipinski definition) is 16. The maximum Gasteiger partial charge on any atom is 0.326 e. The van der Waals surface area contributed by atoms with Gasteiger partial charge in [0.1, 0.15) is 72.5 Å². The fourth-order valence-electron chi connectivity index (χ4n) is 12.6. The molecule has 12 amide bonds. The zero-order valence-corrected chi connectivity index (χ0v) is 66.4. The van der Waals surface area contributed by atoms with Crippen molar-refractivity contribution in [3.8, 4) is 0 Å². The number of hydrogen-bond acceptors (Lipinski definition) is 17. The predicted octanol–water partition coefficient (Wildman–Crippen LogP) is 2.77. The number of nitrogens with zero attached hydrogens (tertiary/aromatic N) is 2. The number of rotatable bonds is 44. The summed E-state index contributed by atoms with van der Waals surface area (Å²) in [6.45, 7) is 21.3. The minimum absolute atomic E-state index is 0.0169. The van der Waals surface area contributed by atoms with Crippen LogP contribution in [0.1, 0.15) is 144 Å². The number of carbonyl (C=O) groups is 13. The standard InChI is InChI=1S/C78H115N15O14S2/c1-13-48(12)65(76(104)88-55(33-44(4)5)72(100)90-63(46(8)9)75(103)87-56(34-45(6)7)73(101)91-64(47(10)11)78(106)107)92-74(102)62-30-23-31-93(62)77(105)61(41-109)89-67(95)54(32-43(2)3)83-69(97)58(36-50-26-19-15-20-27-50)84-70(98)59(37-51-28-21-16-22-29-51)85-71(99)60(38-52-39-80-42-81-52)86-68(96)57(82-66(94)53(79)40-108)35-49-24-17-14-18-25-49/h14-22,24-29,39,42-48,53-65,108-109H,13,23,30-38,40-41,79H2,1-12H3,(H,80,81)(H,82,94)(H,83,97)(H,84,98)(H,85,99)(H,86,96)(H,87,103)(H,88,104)(H,89,95)(H,90,100)(H,91,101)(H,92,102)(H,106,107)/t48-,53-,54-,55-,56-,57-,58-,59-,60-,61-,62-,63-,64-,65-/m0/s1. The lowest BCUT2D eigenvalue weighted by Crippen LogP contribution is -2.62. The molecule has 31 heteroatoms. The first-order valence-electron chi connectivity index (χ1n) is 37.6. The van der Waals surface area contributed by atoms with Crippen LogP contribution in [0.4, 0.5) is 0 Å². The van der Waals surface area contributed by atoms with Crippen LogP contribution in [-0.4, -0.2) is 193 Å². The Balaban J connectivity index is 1.35. The second-order valence-corrected chi connectivity index (χ2v) is 30.8. The number of nitrogens with two attached hydrogens (primary N) is 1. The van der Waals surface area contributed by atoms with Gasteiger partial charge < -0.3 is 79.2 Å². The van der Waals surface area contributed by atoms with Crippen molar-refractivity contribution in [2.24, 2.45) is 41.2 Å². The summed E-state index contributed by atoms with van der Waals surface area (Å²) < 4.78 is 0. The highest BCUT2D eigenvalue weighted by molar-refractivity contribution is 7.80. The van der Waals surface area contributed by atoms with Gasteiger partial charge in [0.2, 0.25) is 70.9 Å². The third kappa shape index (κ3) is 29.2. The molecule has 0 saturated carbocycles. The third-order valence-corrected chi connectivity index (χ3v) is 19.6. The van der Waals surface area contributed by atoms with E-state index in [-0.39, 0.29) is 87.2 Å². The van der Waals surface area contributed by atoms with E-state index in [1.807, 2.05) is 48.5 Å². The van der Waals surface area contributed by atoms with Crippen LogP contribution in [0.25, 0.3) is 0 Å². The fourth-order valence-corrected chi connectivity index (χ4v) is 13.0. The molecular weight excluding hydrogens is 1440 g/mol. The number of thiol groups is 2. The van der Waals surface area contributed by atoms with Gasteiger partial charge in [-0.25, -0.2) is 9.78 Å². The first-order chi connectivity index (χ1) is 51.6. The third-order valence-electron chi connectivity index (χ3n) is 18.8. The van der Waals surface area contributed by atoms with Gasteiger partial charge in [0.05, 0.1) is 12.4 Å². The van der Waals surface area contributed by atoms with Crippen LogP contribution in [0.3, 0.4) is 0 Å². The molecule has 1 aromatic heterocycles. The topological polar surface area (TPSA) is 432 Å². The van der Waals surface area contributed by atoms with Crippen molar-refractivity contribution in [2.75, 3.05) is 18.1 Å². The number of aliphatic carboxylic acids is 1. The van der Waals surface area contributed by atoms with Crippen molar-refractivity contribution in [3.63, 3.8) is 0 Å². The smallest absolute Gasteiger partial charge is 0.326 e. The molecule has 1 fully saturated rings. The van der Waals surface area contributed by atoms with Crippen LogP contribution >= 0.6 is 25.3 Å². The summed E-state index contributed by atoms with van der Waals surface area (Å²) in [5.41, 5.74) is 8.38. The molecule has 29 nitrogen and oxygen atoms in total. The normalized spacial score (nSPS) is 16.4. The zero-order valence-electron chi connectivity index (χ0n) is 64.6. The molecule has 2 heterocycles. The summed E-state index contributed by atoms with van der Waals surface area (Å²) in [7, 11) is 0. The summed E-state index contributed by atoms with van der Waals surface area (Å²) in [6, 6.07) is 10.1. The van der Waals surface area contributed by atoms with Gasteiger partial charge in [-0.15, -0.1) is 0 Å². The van der Waals surface area contributed by atoms with E-state index in [1.165, 1.54) is 17.4 Å². The molecule has 15 N–H and O–H groups in total. The van der Waals surface area contributed by atoms with Crippen molar-refractivity contribution in [1.29, 1.82) is 0 Å². The molecule has 4 aromatic rings. The van der Waals surface area contributed by atoms with Gasteiger partial charge in [0.15, 0.2) is 0 Å². The van der Waals surface area contributed by atoms with E-state index in [0.717, 1.165) is 0 Å². The summed E-state index contributed by atoms with van der Waals surface area (Å²) in [6.07, 6.45) is 3.77. The summed E-state index contributed by atoms with van der Waals surface area (Å²) >= 11 is 8.65. The van der Waals surface area contributed by atoms with Crippen molar-refractivity contribution in [3.05, 3.63) is 126 Å². The van der Waals surface area contributed by atoms with E-state index in [2.05, 4.69) is 93.7 Å². The molecular formula is C78H115N15O14S2. The van der Waals surface area contributed by atoms with Crippen LogP contribution in [0.5, 0.6) is 0 Å². The van der Waals surface area contributed by atoms with Crippen LogP contribution in [-0.2, 0) is 88.0 Å². The van der Waals surface area contributed by atoms with Crippen molar-refractivity contribution in [1.82, 2.24) is 73.4 Å².